The lowest BCUT2D eigenvalue weighted by molar-refractivity contribution is -0.942. The van der Waals surface area contributed by atoms with Gasteiger partial charge < -0.3 is 20.4 Å². The smallest absolute Gasteiger partial charge is 0.347 e. The van der Waals surface area contributed by atoms with Gasteiger partial charge in [0.15, 0.2) is 12.6 Å². The van der Waals surface area contributed by atoms with Crippen LogP contribution in [0.4, 0.5) is 18.9 Å². The normalized spacial score (nSPS) is 21.4. The van der Waals surface area contributed by atoms with E-state index in [0.29, 0.717) is 12.2 Å². The van der Waals surface area contributed by atoms with Crippen molar-refractivity contribution in [3.8, 4) is 0 Å². The largest absolute Gasteiger partial charge is 0.416 e. The Kier molecular flexibility index (Phi) is 7.87. The molecule has 1 fully saturated rings. The van der Waals surface area contributed by atoms with Gasteiger partial charge in [-0.1, -0.05) is 0 Å². The van der Waals surface area contributed by atoms with Crippen LogP contribution in [-0.4, -0.2) is 56.1 Å². The third-order valence-corrected chi connectivity index (χ3v) is 5.24. The molecule has 0 aromatic heterocycles. The van der Waals surface area contributed by atoms with Gasteiger partial charge in [-0.25, -0.2) is 0 Å². The van der Waals surface area contributed by atoms with Crippen LogP contribution in [0.5, 0.6) is 0 Å². The van der Waals surface area contributed by atoms with Gasteiger partial charge >= 0.3 is 6.18 Å². The van der Waals surface area contributed by atoms with Crippen LogP contribution in [0, 0.1) is 0 Å². The molecule has 1 saturated heterocycles. The lowest BCUT2D eigenvalue weighted by Crippen LogP contribution is -3.20. The SMILES string of the molecule is C[C@H](C(=O)Nc1ccc(C(F)(F)F)cc1)[NH+]1CCC[NH+](CC(=O)NC(C)(C)C)CC1. The fourth-order valence-electron chi connectivity index (χ4n) is 3.63. The molecule has 1 aromatic carbocycles. The molecule has 9 heteroatoms. The van der Waals surface area contributed by atoms with Crippen molar-refractivity contribution in [2.75, 3.05) is 38.0 Å². The zero-order valence-electron chi connectivity index (χ0n) is 18.1. The van der Waals surface area contributed by atoms with Crippen LogP contribution in [0.15, 0.2) is 24.3 Å². The molecule has 6 nitrogen and oxygen atoms in total. The van der Waals surface area contributed by atoms with E-state index in [2.05, 4.69) is 10.6 Å². The molecule has 4 N–H and O–H groups in total. The van der Waals surface area contributed by atoms with Crippen LogP contribution < -0.4 is 20.4 Å². The molecule has 168 valence electrons. The molecule has 0 spiro atoms. The van der Waals surface area contributed by atoms with Gasteiger partial charge in [0.2, 0.25) is 0 Å². The Balaban J connectivity index is 1.87. The first-order valence-corrected chi connectivity index (χ1v) is 10.3. The summed E-state index contributed by atoms with van der Waals surface area (Å²) in [5, 5.41) is 5.69. The lowest BCUT2D eigenvalue weighted by atomic mass is 10.1. The summed E-state index contributed by atoms with van der Waals surface area (Å²) >= 11 is 0. The monoisotopic (exact) mass is 430 g/mol. The number of carbonyl (C=O) groups is 2. The van der Waals surface area contributed by atoms with Gasteiger partial charge in [0.05, 0.1) is 18.7 Å². The van der Waals surface area contributed by atoms with Crippen molar-refractivity contribution >= 4 is 17.5 Å². The molecule has 2 rings (SSSR count). The van der Waals surface area contributed by atoms with E-state index in [4.69, 9.17) is 0 Å². The summed E-state index contributed by atoms with van der Waals surface area (Å²) in [6.07, 6.45) is -3.50. The minimum atomic E-state index is -4.40. The van der Waals surface area contributed by atoms with Crippen LogP contribution >= 0.6 is 0 Å². The Morgan fingerprint density at radius 1 is 1.03 bits per heavy atom. The average Bonchev–Trinajstić information content (AvgIpc) is 2.84. The molecule has 0 bridgehead atoms. The minimum Gasteiger partial charge on any atom is -0.347 e. The topological polar surface area (TPSA) is 67.1 Å². The fourth-order valence-corrected chi connectivity index (χ4v) is 3.63. The van der Waals surface area contributed by atoms with Crippen LogP contribution in [0.3, 0.4) is 0 Å². The number of halogens is 3. The number of amides is 2. The van der Waals surface area contributed by atoms with Gasteiger partial charge in [0.25, 0.3) is 11.8 Å². The Hall–Kier alpha value is -2.13. The molecule has 0 saturated carbocycles. The Morgan fingerprint density at radius 2 is 1.67 bits per heavy atom. The third kappa shape index (κ3) is 7.60. The highest BCUT2D eigenvalue weighted by Gasteiger charge is 2.31. The minimum absolute atomic E-state index is 0.0223. The molecule has 2 amide bonds. The van der Waals surface area contributed by atoms with Gasteiger partial charge in [-0.05, 0) is 52.0 Å². The molecule has 3 atom stereocenters. The molecule has 1 aromatic rings. The highest BCUT2D eigenvalue weighted by Crippen LogP contribution is 2.29. The van der Waals surface area contributed by atoms with E-state index in [9.17, 15) is 22.8 Å². The van der Waals surface area contributed by atoms with Crippen LogP contribution in [0.1, 0.15) is 39.7 Å². The second-order valence-electron chi connectivity index (χ2n) is 9.02. The van der Waals surface area contributed by atoms with Gasteiger partial charge in [-0.3, -0.25) is 9.59 Å². The number of quaternary nitrogens is 2. The number of benzene rings is 1. The summed E-state index contributed by atoms with van der Waals surface area (Å²) in [6, 6.07) is 4.12. The summed E-state index contributed by atoms with van der Waals surface area (Å²) in [7, 11) is 0. The number of nitrogens with one attached hydrogen (secondary N) is 4. The molecule has 0 radical (unpaired) electrons. The van der Waals surface area contributed by atoms with Gasteiger partial charge in [-0.2, -0.15) is 13.2 Å². The molecule has 30 heavy (non-hydrogen) atoms. The zero-order valence-corrected chi connectivity index (χ0v) is 18.1. The van der Waals surface area contributed by atoms with E-state index in [1.54, 1.807) is 0 Å². The molecule has 1 aliphatic rings. The number of alkyl halides is 3. The number of hydrogen-bond donors (Lipinski definition) is 4. The van der Waals surface area contributed by atoms with Crippen LogP contribution in [-0.2, 0) is 15.8 Å². The number of hydrogen-bond acceptors (Lipinski definition) is 2. The first-order valence-electron chi connectivity index (χ1n) is 10.3. The summed E-state index contributed by atoms with van der Waals surface area (Å²) in [4.78, 5) is 27.1. The Morgan fingerprint density at radius 3 is 2.23 bits per heavy atom. The molecule has 1 aliphatic heterocycles. The van der Waals surface area contributed by atoms with Crippen molar-refractivity contribution < 1.29 is 32.6 Å². The second kappa shape index (κ2) is 9.78. The van der Waals surface area contributed by atoms with E-state index in [1.807, 2.05) is 27.7 Å². The standard InChI is InChI=1S/C21H31F3N4O2/c1-15(19(30)25-17-8-6-16(7-9-17)21(22,23)24)28-11-5-10-27(12-13-28)14-18(29)26-20(2,3)4/h6-9,15H,5,10-14H2,1-4H3,(H,25,30)(H,26,29)/p+2/t15-/m1/s1. The first kappa shape index (κ1) is 24.1. The van der Waals surface area contributed by atoms with Crippen LogP contribution in [0.25, 0.3) is 0 Å². The van der Waals surface area contributed by atoms with Crippen molar-refractivity contribution in [2.24, 2.45) is 0 Å². The van der Waals surface area contributed by atoms with Crippen molar-refractivity contribution in [3.05, 3.63) is 29.8 Å². The highest BCUT2D eigenvalue weighted by molar-refractivity contribution is 5.93. The molecule has 0 aliphatic carbocycles. The highest BCUT2D eigenvalue weighted by atomic mass is 19.4. The lowest BCUT2D eigenvalue weighted by Gasteiger charge is -2.24. The van der Waals surface area contributed by atoms with E-state index >= 15 is 0 Å². The second-order valence-corrected chi connectivity index (χ2v) is 9.02. The number of carbonyl (C=O) groups excluding carboxylic acids is 2. The van der Waals surface area contributed by atoms with Crippen molar-refractivity contribution in [2.45, 2.75) is 51.9 Å². The summed E-state index contributed by atoms with van der Waals surface area (Å²) in [5.41, 5.74) is -0.657. The number of rotatable bonds is 5. The average molecular weight is 431 g/mol. The fraction of sp³-hybridized carbons (Fsp3) is 0.619. The quantitative estimate of drug-likeness (QED) is 0.536. The van der Waals surface area contributed by atoms with Crippen molar-refractivity contribution in [1.82, 2.24) is 5.32 Å². The number of anilines is 1. The first-order chi connectivity index (χ1) is 13.8. The van der Waals surface area contributed by atoms with E-state index in [1.165, 1.54) is 17.0 Å². The van der Waals surface area contributed by atoms with E-state index in [0.717, 1.165) is 49.6 Å². The van der Waals surface area contributed by atoms with Gasteiger partial charge in [-0.15, -0.1) is 0 Å². The molecule has 2 unspecified atom stereocenters. The predicted octanol–water partition coefficient (Wildman–Crippen LogP) is 0.121. The van der Waals surface area contributed by atoms with E-state index in [-0.39, 0.29) is 23.4 Å². The van der Waals surface area contributed by atoms with Crippen molar-refractivity contribution in [3.63, 3.8) is 0 Å². The Labute approximate surface area is 175 Å². The van der Waals surface area contributed by atoms with Crippen molar-refractivity contribution in [1.29, 1.82) is 0 Å². The molecular formula is C21H33F3N4O2+2. The molecular weight excluding hydrogens is 397 g/mol. The summed E-state index contributed by atoms with van der Waals surface area (Å²) < 4.78 is 38.0. The molecule has 1 heterocycles. The zero-order chi connectivity index (χ0) is 22.5. The van der Waals surface area contributed by atoms with Gasteiger partial charge in [0, 0.05) is 17.6 Å². The maximum absolute atomic E-state index is 12.7. The third-order valence-electron chi connectivity index (χ3n) is 5.24. The predicted molar refractivity (Wildman–Crippen MR) is 108 cm³/mol. The maximum Gasteiger partial charge on any atom is 0.416 e. The summed E-state index contributed by atoms with van der Waals surface area (Å²) in [5.74, 6) is -0.201. The van der Waals surface area contributed by atoms with Crippen LogP contribution in [0.2, 0.25) is 0 Å². The summed E-state index contributed by atoms with van der Waals surface area (Å²) in [6.45, 7) is 11.3. The Bertz CT molecular complexity index is 729. The van der Waals surface area contributed by atoms with E-state index < -0.39 is 11.7 Å². The van der Waals surface area contributed by atoms with Gasteiger partial charge in [0.1, 0.15) is 13.1 Å². The maximum atomic E-state index is 12.7.